The molecular weight excluding hydrogens is 510 g/mol. The van der Waals surface area contributed by atoms with Crippen molar-refractivity contribution in [3.8, 4) is 0 Å². The molecule has 9 heteroatoms. The fourth-order valence-electron chi connectivity index (χ4n) is 4.25. The second kappa shape index (κ2) is 13.8. The Morgan fingerprint density at radius 2 is 1.59 bits per heavy atom. The van der Waals surface area contributed by atoms with Crippen LogP contribution in [0.15, 0.2) is 42.5 Å². The van der Waals surface area contributed by atoms with Gasteiger partial charge in [-0.25, -0.2) is 8.42 Å². The van der Waals surface area contributed by atoms with E-state index in [0.29, 0.717) is 23.6 Å². The van der Waals surface area contributed by atoms with E-state index in [9.17, 15) is 18.0 Å². The van der Waals surface area contributed by atoms with Crippen LogP contribution in [0.3, 0.4) is 0 Å². The van der Waals surface area contributed by atoms with Gasteiger partial charge in [0.1, 0.15) is 6.04 Å². The van der Waals surface area contributed by atoms with Gasteiger partial charge in [-0.3, -0.25) is 13.9 Å². The number of nitrogens with zero attached hydrogens (tertiary/aromatic N) is 2. The Kier molecular flexibility index (Phi) is 11.4. The third-order valence-corrected chi connectivity index (χ3v) is 7.75. The Morgan fingerprint density at radius 1 is 1.00 bits per heavy atom. The number of hydrogen-bond acceptors (Lipinski definition) is 4. The van der Waals surface area contributed by atoms with Crippen molar-refractivity contribution in [3.05, 3.63) is 64.2 Å². The first-order valence-corrected chi connectivity index (χ1v) is 15.0. The Bertz CT molecular complexity index is 1150. The lowest BCUT2D eigenvalue weighted by atomic mass is 10.1. The SMILES string of the molecule is CC[C@@H](C)NC(=O)[C@@H](CC)N(Cc1ccc(Cl)cc1)C(=O)CCCN(c1cc(C)cc(C)c1)S(C)(=O)=O. The fraction of sp³-hybridized carbons (Fsp3) is 0.500. The average Bonchev–Trinajstić information content (AvgIpc) is 2.81. The summed E-state index contributed by atoms with van der Waals surface area (Å²) >= 11 is 6.03. The van der Waals surface area contributed by atoms with Gasteiger partial charge < -0.3 is 10.2 Å². The van der Waals surface area contributed by atoms with Crippen LogP contribution in [0.5, 0.6) is 0 Å². The summed E-state index contributed by atoms with van der Waals surface area (Å²) in [5, 5.41) is 3.59. The maximum absolute atomic E-state index is 13.5. The summed E-state index contributed by atoms with van der Waals surface area (Å²) in [6, 6.07) is 12.2. The van der Waals surface area contributed by atoms with E-state index >= 15 is 0 Å². The van der Waals surface area contributed by atoms with Gasteiger partial charge in [0.2, 0.25) is 21.8 Å². The van der Waals surface area contributed by atoms with Gasteiger partial charge in [0.25, 0.3) is 0 Å². The summed E-state index contributed by atoms with van der Waals surface area (Å²) in [7, 11) is -3.54. The van der Waals surface area contributed by atoms with E-state index in [1.54, 1.807) is 17.0 Å². The standard InChI is InChI=1S/C28H40ClN3O4S/c1-7-22(5)30-28(34)26(8-2)31(19-23-11-13-24(29)14-12-23)27(33)10-9-15-32(37(6,35)36)25-17-20(3)16-21(4)18-25/h11-14,16-18,22,26H,7-10,15,19H2,1-6H3,(H,30,34)/t22-,26-/m1/s1. The molecule has 37 heavy (non-hydrogen) atoms. The average molecular weight is 550 g/mol. The molecule has 204 valence electrons. The molecule has 1 N–H and O–H groups in total. The second-order valence-corrected chi connectivity index (χ2v) is 12.0. The molecule has 0 unspecified atom stereocenters. The van der Waals surface area contributed by atoms with Crippen molar-refractivity contribution >= 4 is 39.1 Å². The maximum Gasteiger partial charge on any atom is 0.243 e. The lowest BCUT2D eigenvalue weighted by Gasteiger charge is -2.32. The highest BCUT2D eigenvalue weighted by Crippen LogP contribution is 2.23. The van der Waals surface area contributed by atoms with Crippen LogP contribution in [0, 0.1) is 13.8 Å². The van der Waals surface area contributed by atoms with Crippen LogP contribution in [0.2, 0.25) is 5.02 Å². The molecule has 7 nitrogen and oxygen atoms in total. The molecule has 2 rings (SSSR count). The summed E-state index contributed by atoms with van der Waals surface area (Å²) < 4.78 is 26.5. The molecule has 0 saturated carbocycles. The molecule has 0 bridgehead atoms. The molecule has 0 aromatic heterocycles. The molecule has 0 radical (unpaired) electrons. The number of sulfonamides is 1. The predicted molar refractivity (Wildman–Crippen MR) is 151 cm³/mol. The van der Waals surface area contributed by atoms with E-state index in [-0.39, 0.29) is 37.4 Å². The first-order chi connectivity index (χ1) is 17.3. The topological polar surface area (TPSA) is 86.8 Å². The molecule has 0 heterocycles. The van der Waals surface area contributed by atoms with E-state index in [4.69, 9.17) is 11.6 Å². The van der Waals surface area contributed by atoms with E-state index in [2.05, 4.69) is 5.32 Å². The number of anilines is 1. The summed E-state index contributed by atoms with van der Waals surface area (Å²) in [5.74, 6) is -0.387. The first kappa shape index (κ1) is 30.6. The molecule has 0 fully saturated rings. The molecule has 2 atom stereocenters. The number of benzene rings is 2. The summed E-state index contributed by atoms with van der Waals surface area (Å²) in [6.07, 6.45) is 2.84. The molecular formula is C28H40ClN3O4S. The number of amides is 2. The van der Waals surface area contributed by atoms with Gasteiger partial charge in [-0.1, -0.05) is 43.6 Å². The van der Waals surface area contributed by atoms with Gasteiger partial charge in [0.05, 0.1) is 11.9 Å². The predicted octanol–water partition coefficient (Wildman–Crippen LogP) is 5.23. The fourth-order valence-corrected chi connectivity index (χ4v) is 5.32. The Hall–Kier alpha value is -2.58. The molecule has 0 aliphatic rings. The highest BCUT2D eigenvalue weighted by atomic mass is 35.5. The van der Waals surface area contributed by atoms with Gasteiger partial charge in [-0.2, -0.15) is 0 Å². The van der Waals surface area contributed by atoms with Gasteiger partial charge in [0.15, 0.2) is 0 Å². The van der Waals surface area contributed by atoms with Crippen LogP contribution in [-0.4, -0.2) is 50.0 Å². The quantitative estimate of drug-likeness (QED) is 0.371. The third-order valence-electron chi connectivity index (χ3n) is 6.30. The van der Waals surface area contributed by atoms with Crippen LogP contribution < -0.4 is 9.62 Å². The van der Waals surface area contributed by atoms with Crippen molar-refractivity contribution in [1.29, 1.82) is 0 Å². The highest BCUT2D eigenvalue weighted by molar-refractivity contribution is 7.92. The Morgan fingerprint density at radius 3 is 2.11 bits per heavy atom. The zero-order chi connectivity index (χ0) is 27.8. The summed E-state index contributed by atoms with van der Waals surface area (Å²) in [6.45, 7) is 10.1. The third kappa shape index (κ3) is 9.34. The Labute approximate surface area is 227 Å². The van der Waals surface area contributed by atoms with Crippen molar-refractivity contribution in [2.75, 3.05) is 17.1 Å². The molecule has 2 amide bonds. The van der Waals surface area contributed by atoms with Gasteiger partial charge in [-0.05, 0) is 81.0 Å². The van der Waals surface area contributed by atoms with E-state index in [0.717, 1.165) is 23.1 Å². The van der Waals surface area contributed by atoms with Crippen LogP contribution in [0.4, 0.5) is 5.69 Å². The van der Waals surface area contributed by atoms with Crippen molar-refractivity contribution in [2.45, 2.75) is 78.9 Å². The lowest BCUT2D eigenvalue weighted by Crippen LogP contribution is -2.50. The molecule has 2 aromatic rings. The lowest BCUT2D eigenvalue weighted by molar-refractivity contribution is -0.141. The van der Waals surface area contributed by atoms with Crippen LogP contribution >= 0.6 is 11.6 Å². The van der Waals surface area contributed by atoms with Crippen molar-refractivity contribution in [1.82, 2.24) is 10.2 Å². The number of aryl methyl sites for hydroxylation is 2. The number of rotatable bonds is 13. The molecule has 0 aliphatic carbocycles. The van der Waals surface area contributed by atoms with E-state index in [1.807, 2.05) is 65.0 Å². The second-order valence-electron chi connectivity index (χ2n) is 9.67. The largest absolute Gasteiger partial charge is 0.352 e. The normalized spacial score (nSPS) is 13.1. The van der Waals surface area contributed by atoms with Gasteiger partial charge in [-0.15, -0.1) is 0 Å². The summed E-state index contributed by atoms with van der Waals surface area (Å²) in [5.41, 5.74) is 3.38. The monoisotopic (exact) mass is 549 g/mol. The minimum Gasteiger partial charge on any atom is -0.352 e. The maximum atomic E-state index is 13.5. The van der Waals surface area contributed by atoms with E-state index < -0.39 is 16.1 Å². The van der Waals surface area contributed by atoms with Crippen molar-refractivity contribution < 1.29 is 18.0 Å². The van der Waals surface area contributed by atoms with Gasteiger partial charge >= 0.3 is 0 Å². The molecule has 0 saturated heterocycles. The zero-order valence-electron chi connectivity index (χ0n) is 22.8. The Balaban J connectivity index is 2.24. The molecule has 2 aromatic carbocycles. The van der Waals surface area contributed by atoms with Crippen LogP contribution in [-0.2, 0) is 26.2 Å². The van der Waals surface area contributed by atoms with Crippen molar-refractivity contribution in [2.24, 2.45) is 0 Å². The molecule has 0 spiro atoms. The first-order valence-electron chi connectivity index (χ1n) is 12.8. The smallest absolute Gasteiger partial charge is 0.243 e. The highest BCUT2D eigenvalue weighted by Gasteiger charge is 2.29. The minimum atomic E-state index is -3.54. The number of halogens is 1. The number of carbonyl (C=O) groups is 2. The number of hydrogen-bond donors (Lipinski definition) is 1. The minimum absolute atomic E-state index is 0.00450. The zero-order valence-corrected chi connectivity index (χ0v) is 24.3. The summed E-state index contributed by atoms with van der Waals surface area (Å²) in [4.78, 5) is 28.2. The molecule has 0 aliphatic heterocycles. The number of carbonyl (C=O) groups excluding carboxylic acids is 2. The van der Waals surface area contributed by atoms with Crippen molar-refractivity contribution in [3.63, 3.8) is 0 Å². The van der Waals surface area contributed by atoms with Crippen LogP contribution in [0.25, 0.3) is 0 Å². The van der Waals surface area contributed by atoms with Gasteiger partial charge in [0, 0.05) is 30.6 Å². The van der Waals surface area contributed by atoms with E-state index in [1.165, 1.54) is 10.6 Å². The van der Waals surface area contributed by atoms with Crippen LogP contribution in [0.1, 0.15) is 63.1 Å². The number of nitrogens with one attached hydrogen (secondary N) is 1.